The molecule has 1 aromatic heterocycles. The van der Waals surface area contributed by atoms with E-state index in [1.54, 1.807) is 6.07 Å². The number of nitrogens with zero attached hydrogens (tertiary/aromatic N) is 2. The second-order valence-electron chi connectivity index (χ2n) is 3.32. The van der Waals surface area contributed by atoms with Crippen LogP contribution in [0, 0.1) is 18.3 Å². The number of rotatable bonds is 3. The average molecular weight is 266 g/mol. The molecule has 0 amide bonds. The van der Waals surface area contributed by atoms with Crippen LogP contribution in [0.5, 0.6) is 5.88 Å². The lowest BCUT2D eigenvalue weighted by Gasteiger charge is -2.15. The highest BCUT2D eigenvalue weighted by Gasteiger charge is 2.35. The van der Waals surface area contributed by atoms with E-state index in [0.717, 1.165) is 6.07 Å². The molecule has 0 fully saturated rings. The Hall–Kier alpha value is -1.91. The molecule has 0 atom stereocenters. The van der Waals surface area contributed by atoms with Crippen LogP contribution >= 0.6 is 0 Å². The quantitative estimate of drug-likeness (QED) is 0.788. The Morgan fingerprint density at radius 2 is 2.06 bits per heavy atom. The van der Waals surface area contributed by atoms with Gasteiger partial charge in [-0.3, -0.25) is 0 Å². The van der Waals surface area contributed by atoms with E-state index < -0.39 is 30.7 Å². The van der Waals surface area contributed by atoms with Crippen molar-refractivity contribution in [2.75, 3.05) is 0 Å². The summed E-state index contributed by atoms with van der Waals surface area (Å²) in [5.41, 5.74) is -1.16. The zero-order valence-electron chi connectivity index (χ0n) is 9.05. The maximum absolute atomic E-state index is 12.7. The predicted octanol–water partition coefficient (Wildman–Crippen LogP) is 3.29. The van der Waals surface area contributed by atoms with E-state index in [4.69, 9.17) is 5.26 Å². The van der Waals surface area contributed by atoms with Crippen LogP contribution in [0.2, 0.25) is 0 Å². The third-order valence-corrected chi connectivity index (χ3v) is 1.94. The lowest BCUT2D eigenvalue weighted by atomic mass is 10.1. The second-order valence-corrected chi connectivity index (χ2v) is 3.32. The van der Waals surface area contributed by atoms with Gasteiger partial charge in [0.2, 0.25) is 5.88 Å². The molecule has 98 valence electrons. The molecule has 0 saturated carbocycles. The van der Waals surface area contributed by atoms with Gasteiger partial charge in [-0.2, -0.15) is 5.26 Å². The Labute approximate surface area is 98.8 Å². The van der Waals surface area contributed by atoms with Crippen molar-refractivity contribution in [1.82, 2.24) is 4.98 Å². The molecule has 0 N–H and O–H groups in total. The average Bonchev–Trinajstić information content (AvgIpc) is 2.13. The van der Waals surface area contributed by atoms with Crippen LogP contribution in [0.1, 0.15) is 23.2 Å². The fraction of sp³-hybridized carbons (Fsp3) is 0.400. The first-order valence-corrected chi connectivity index (χ1v) is 4.66. The van der Waals surface area contributed by atoms with Gasteiger partial charge in [-0.05, 0) is 18.6 Å². The topological polar surface area (TPSA) is 45.9 Å². The molecule has 0 bridgehead atoms. The maximum atomic E-state index is 12.7. The number of nitriles is 1. The molecule has 0 aromatic carbocycles. The van der Waals surface area contributed by atoms with Gasteiger partial charge in [0, 0.05) is 5.69 Å². The Balaban J connectivity index is 3.35. The smallest absolute Gasteiger partial charge is 0.387 e. The third-order valence-electron chi connectivity index (χ3n) is 1.94. The monoisotopic (exact) mass is 266 g/mol. The van der Waals surface area contributed by atoms with Gasteiger partial charge >= 0.3 is 6.36 Å². The molecule has 0 unspecified atom stereocenters. The minimum absolute atomic E-state index is 0.0592. The van der Waals surface area contributed by atoms with Crippen molar-refractivity contribution in [3.8, 4) is 11.9 Å². The molecule has 0 spiro atoms. The minimum atomic E-state index is -5.12. The minimum Gasteiger partial charge on any atom is -0.387 e. The highest BCUT2D eigenvalue weighted by atomic mass is 19.4. The van der Waals surface area contributed by atoms with E-state index in [1.807, 2.05) is 0 Å². The second kappa shape index (κ2) is 5.16. The van der Waals surface area contributed by atoms with E-state index in [2.05, 4.69) is 9.72 Å². The summed E-state index contributed by atoms with van der Waals surface area (Å²) in [4.78, 5) is 3.29. The van der Waals surface area contributed by atoms with Gasteiger partial charge in [0.25, 0.3) is 6.43 Å². The number of alkyl halides is 5. The van der Waals surface area contributed by atoms with E-state index in [-0.39, 0.29) is 11.3 Å². The highest BCUT2D eigenvalue weighted by Crippen LogP contribution is 2.34. The number of pyridine rings is 1. The molecule has 1 heterocycles. The number of hydrogen-bond acceptors (Lipinski definition) is 3. The summed E-state index contributed by atoms with van der Waals surface area (Å²) in [6.45, 7) is 1.32. The predicted molar refractivity (Wildman–Crippen MR) is 49.9 cm³/mol. The van der Waals surface area contributed by atoms with Crippen LogP contribution in [0.4, 0.5) is 22.0 Å². The number of ether oxygens (including phenoxy) is 1. The van der Waals surface area contributed by atoms with Crippen LogP contribution in [0.25, 0.3) is 0 Å². The van der Waals surface area contributed by atoms with Crippen molar-refractivity contribution in [2.45, 2.75) is 26.1 Å². The standard InChI is InChI=1S/C10H7F5N2O/c1-5-4-6(2-3-16)7(8(11)12)9(17-5)18-10(13,14)15/h4,8H,2H2,1H3. The summed E-state index contributed by atoms with van der Waals surface area (Å²) >= 11 is 0. The van der Waals surface area contributed by atoms with Crippen molar-refractivity contribution < 1.29 is 26.7 Å². The summed E-state index contributed by atoms with van der Waals surface area (Å²) < 4.78 is 65.1. The van der Waals surface area contributed by atoms with Gasteiger partial charge in [0.1, 0.15) is 0 Å². The molecule has 8 heteroatoms. The van der Waals surface area contributed by atoms with Crippen molar-refractivity contribution in [2.24, 2.45) is 0 Å². The Kier molecular flexibility index (Phi) is 4.06. The summed E-state index contributed by atoms with van der Waals surface area (Å²) in [7, 11) is 0. The number of halogens is 5. The number of aryl methyl sites for hydroxylation is 1. The molecule has 0 radical (unpaired) electrons. The molecular formula is C10H7F5N2O. The Morgan fingerprint density at radius 1 is 1.44 bits per heavy atom. The largest absolute Gasteiger partial charge is 0.574 e. The molecule has 1 rings (SSSR count). The lowest BCUT2D eigenvalue weighted by Crippen LogP contribution is -2.20. The van der Waals surface area contributed by atoms with Gasteiger partial charge in [-0.25, -0.2) is 13.8 Å². The van der Waals surface area contributed by atoms with Gasteiger partial charge in [-0.15, -0.1) is 13.2 Å². The molecule has 3 nitrogen and oxygen atoms in total. The molecule has 0 aliphatic rings. The zero-order chi connectivity index (χ0) is 13.9. The number of aromatic nitrogens is 1. The van der Waals surface area contributed by atoms with Crippen LogP contribution < -0.4 is 4.74 Å². The summed E-state index contributed by atoms with van der Waals surface area (Å²) in [5, 5.41) is 8.46. The molecular weight excluding hydrogens is 259 g/mol. The van der Waals surface area contributed by atoms with Crippen LogP contribution in [-0.2, 0) is 6.42 Å². The van der Waals surface area contributed by atoms with E-state index in [9.17, 15) is 22.0 Å². The van der Waals surface area contributed by atoms with E-state index >= 15 is 0 Å². The van der Waals surface area contributed by atoms with Crippen LogP contribution in [-0.4, -0.2) is 11.3 Å². The Morgan fingerprint density at radius 3 is 2.50 bits per heavy atom. The highest BCUT2D eigenvalue weighted by molar-refractivity contribution is 5.39. The van der Waals surface area contributed by atoms with Crippen molar-refractivity contribution in [3.05, 3.63) is 22.9 Å². The Bertz CT molecular complexity index is 478. The zero-order valence-corrected chi connectivity index (χ0v) is 9.05. The number of hydrogen-bond donors (Lipinski definition) is 0. The first-order chi connectivity index (χ1) is 8.24. The summed E-state index contributed by atoms with van der Waals surface area (Å²) in [5.74, 6) is -1.21. The molecule has 18 heavy (non-hydrogen) atoms. The summed E-state index contributed by atoms with van der Waals surface area (Å²) in [6, 6.07) is 2.73. The lowest BCUT2D eigenvalue weighted by molar-refractivity contribution is -0.276. The molecule has 1 aromatic rings. The van der Waals surface area contributed by atoms with Crippen LogP contribution in [0.3, 0.4) is 0 Å². The first-order valence-electron chi connectivity index (χ1n) is 4.66. The van der Waals surface area contributed by atoms with E-state index in [1.165, 1.54) is 6.92 Å². The summed E-state index contributed by atoms with van der Waals surface area (Å²) in [6.07, 6.45) is -8.77. The molecule has 0 aliphatic heterocycles. The third kappa shape index (κ3) is 3.55. The van der Waals surface area contributed by atoms with Gasteiger partial charge in [-0.1, -0.05) is 0 Å². The van der Waals surface area contributed by atoms with Crippen molar-refractivity contribution in [1.29, 1.82) is 5.26 Å². The van der Waals surface area contributed by atoms with Crippen molar-refractivity contribution in [3.63, 3.8) is 0 Å². The van der Waals surface area contributed by atoms with Gasteiger partial charge in [0.15, 0.2) is 0 Å². The molecule has 0 saturated heterocycles. The molecule has 0 aliphatic carbocycles. The fourth-order valence-electron chi connectivity index (χ4n) is 1.37. The maximum Gasteiger partial charge on any atom is 0.574 e. The first kappa shape index (κ1) is 14.2. The van der Waals surface area contributed by atoms with Gasteiger partial charge in [0.05, 0.1) is 18.1 Å². The van der Waals surface area contributed by atoms with E-state index in [0.29, 0.717) is 0 Å². The van der Waals surface area contributed by atoms with Gasteiger partial charge < -0.3 is 4.74 Å². The SMILES string of the molecule is Cc1cc(CC#N)c(C(F)F)c(OC(F)(F)F)n1. The normalized spacial score (nSPS) is 11.4. The fourth-order valence-corrected chi connectivity index (χ4v) is 1.37. The van der Waals surface area contributed by atoms with Crippen molar-refractivity contribution >= 4 is 0 Å². The van der Waals surface area contributed by atoms with Crippen LogP contribution in [0.15, 0.2) is 6.07 Å².